The summed E-state index contributed by atoms with van der Waals surface area (Å²) in [5, 5.41) is 17.3. The Labute approximate surface area is 126 Å². The lowest BCUT2D eigenvalue weighted by Gasteiger charge is -2.28. The first kappa shape index (κ1) is 16.0. The minimum atomic E-state index is -0.654. The molecule has 0 aromatic carbocycles. The summed E-state index contributed by atoms with van der Waals surface area (Å²) < 4.78 is 1.86. The van der Waals surface area contributed by atoms with E-state index in [-0.39, 0.29) is 11.3 Å². The van der Waals surface area contributed by atoms with Crippen LogP contribution < -0.4 is 5.32 Å². The van der Waals surface area contributed by atoms with E-state index in [1.165, 1.54) is 5.56 Å². The Kier molecular flexibility index (Phi) is 4.71. The van der Waals surface area contributed by atoms with E-state index in [0.29, 0.717) is 6.04 Å². The summed E-state index contributed by atoms with van der Waals surface area (Å²) in [6, 6.07) is 0.299. The molecular weight excluding hydrogens is 266 g/mol. The summed E-state index contributed by atoms with van der Waals surface area (Å²) in [6.07, 6.45) is 5.67. The number of carboxylic acids is 1. The predicted molar refractivity (Wildman–Crippen MR) is 82.1 cm³/mol. The summed E-state index contributed by atoms with van der Waals surface area (Å²) in [5.74, 6) is -0.842. The fraction of sp³-hybridized carbons (Fsp3) is 0.750. The van der Waals surface area contributed by atoms with Crippen molar-refractivity contribution in [2.24, 2.45) is 13.0 Å². The van der Waals surface area contributed by atoms with Gasteiger partial charge in [0.15, 0.2) is 0 Å². The fourth-order valence-electron chi connectivity index (χ4n) is 3.15. The van der Waals surface area contributed by atoms with E-state index in [1.54, 1.807) is 0 Å². The lowest BCUT2D eigenvalue weighted by atomic mass is 9.85. The quantitative estimate of drug-likeness (QED) is 0.895. The van der Waals surface area contributed by atoms with Crippen LogP contribution in [0.15, 0.2) is 6.20 Å². The van der Waals surface area contributed by atoms with Crippen molar-refractivity contribution in [1.29, 1.82) is 0 Å². The first-order valence-corrected chi connectivity index (χ1v) is 7.76. The topological polar surface area (TPSA) is 67.2 Å². The molecule has 21 heavy (non-hydrogen) atoms. The van der Waals surface area contributed by atoms with Gasteiger partial charge in [0.25, 0.3) is 0 Å². The molecular formula is C16H27N3O2. The average Bonchev–Trinajstić information content (AvgIpc) is 2.78. The summed E-state index contributed by atoms with van der Waals surface area (Å²) in [6.45, 7) is 7.26. The van der Waals surface area contributed by atoms with Crippen molar-refractivity contribution in [3.63, 3.8) is 0 Å². The van der Waals surface area contributed by atoms with Crippen molar-refractivity contribution in [1.82, 2.24) is 15.1 Å². The summed E-state index contributed by atoms with van der Waals surface area (Å²) >= 11 is 0. The van der Waals surface area contributed by atoms with E-state index in [9.17, 15) is 4.79 Å². The van der Waals surface area contributed by atoms with Gasteiger partial charge in [0.05, 0.1) is 11.6 Å². The van der Waals surface area contributed by atoms with Crippen molar-refractivity contribution in [3.05, 3.63) is 17.5 Å². The normalized spacial score (nSPS) is 23.2. The number of nitrogens with zero attached hydrogens (tertiary/aromatic N) is 2. The molecule has 1 aliphatic carbocycles. The highest BCUT2D eigenvalue weighted by atomic mass is 16.4. The van der Waals surface area contributed by atoms with Gasteiger partial charge in [-0.15, -0.1) is 0 Å². The van der Waals surface area contributed by atoms with Crippen LogP contribution in [0.2, 0.25) is 0 Å². The molecule has 2 rings (SSSR count). The van der Waals surface area contributed by atoms with Crippen LogP contribution in [0.5, 0.6) is 0 Å². The lowest BCUT2D eigenvalue weighted by molar-refractivity contribution is -0.143. The average molecular weight is 293 g/mol. The van der Waals surface area contributed by atoms with Gasteiger partial charge in [-0.2, -0.15) is 5.10 Å². The van der Waals surface area contributed by atoms with E-state index in [0.717, 1.165) is 37.9 Å². The number of nitrogens with one attached hydrogen (secondary N) is 1. The third kappa shape index (κ3) is 4.06. The van der Waals surface area contributed by atoms with Crippen LogP contribution in [0.25, 0.3) is 0 Å². The molecule has 1 aromatic rings. The lowest BCUT2D eigenvalue weighted by Crippen LogP contribution is -2.36. The van der Waals surface area contributed by atoms with Crippen molar-refractivity contribution in [3.8, 4) is 0 Å². The molecule has 0 radical (unpaired) electrons. The van der Waals surface area contributed by atoms with Crippen LogP contribution in [0.1, 0.15) is 57.7 Å². The molecule has 0 aliphatic heterocycles. The van der Waals surface area contributed by atoms with Gasteiger partial charge in [-0.3, -0.25) is 9.48 Å². The maximum absolute atomic E-state index is 11.1. The Morgan fingerprint density at radius 2 is 2.19 bits per heavy atom. The van der Waals surface area contributed by atoms with Crippen LogP contribution in [-0.2, 0) is 23.8 Å². The van der Waals surface area contributed by atoms with Crippen molar-refractivity contribution in [2.75, 3.05) is 0 Å². The molecule has 1 aromatic heterocycles. The van der Waals surface area contributed by atoms with E-state index < -0.39 is 5.97 Å². The molecule has 1 saturated carbocycles. The number of hydrogen-bond acceptors (Lipinski definition) is 3. The number of hydrogen-bond donors (Lipinski definition) is 2. The third-order valence-electron chi connectivity index (χ3n) is 4.22. The molecule has 0 saturated heterocycles. The zero-order valence-electron chi connectivity index (χ0n) is 13.5. The number of rotatable bonds is 4. The Morgan fingerprint density at radius 3 is 2.81 bits per heavy atom. The first-order valence-electron chi connectivity index (χ1n) is 7.76. The van der Waals surface area contributed by atoms with Crippen molar-refractivity contribution < 1.29 is 9.90 Å². The Hall–Kier alpha value is -1.36. The van der Waals surface area contributed by atoms with E-state index in [2.05, 4.69) is 37.4 Å². The van der Waals surface area contributed by atoms with Gasteiger partial charge in [0, 0.05) is 36.8 Å². The number of carboxylic acid groups (broad SMARTS) is 1. The summed E-state index contributed by atoms with van der Waals surface area (Å²) in [4.78, 5) is 11.1. The number of aryl methyl sites for hydroxylation is 1. The van der Waals surface area contributed by atoms with Crippen LogP contribution >= 0.6 is 0 Å². The largest absolute Gasteiger partial charge is 0.481 e. The monoisotopic (exact) mass is 293 g/mol. The summed E-state index contributed by atoms with van der Waals surface area (Å²) in [7, 11) is 1.94. The molecule has 2 unspecified atom stereocenters. The third-order valence-corrected chi connectivity index (χ3v) is 4.22. The van der Waals surface area contributed by atoms with E-state index in [1.807, 2.05) is 11.7 Å². The predicted octanol–water partition coefficient (Wildman–Crippen LogP) is 2.45. The smallest absolute Gasteiger partial charge is 0.306 e. The molecule has 5 heteroatoms. The van der Waals surface area contributed by atoms with Gasteiger partial charge in [-0.05, 0) is 19.3 Å². The van der Waals surface area contributed by atoms with Gasteiger partial charge in [-0.1, -0.05) is 27.2 Å². The second-order valence-electron chi connectivity index (χ2n) is 7.21. The molecule has 2 atom stereocenters. The molecule has 0 bridgehead atoms. The van der Waals surface area contributed by atoms with Gasteiger partial charge in [0.1, 0.15) is 0 Å². The number of carbonyl (C=O) groups is 1. The molecule has 1 aliphatic rings. The zero-order chi connectivity index (χ0) is 15.6. The molecule has 2 N–H and O–H groups in total. The minimum absolute atomic E-state index is 0.0223. The van der Waals surface area contributed by atoms with Crippen LogP contribution in [0, 0.1) is 5.92 Å². The van der Waals surface area contributed by atoms with Crippen molar-refractivity contribution >= 4 is 5.97 Å². The molecule has 5 nitrogen and oxygen atoms in total. The van der Waals surface area contributed by atoms with E-state index in [4.69, 9.17) is 5.11 Å². The maximum atomic E-state index is 11.1. The molecule has 118 valence electrons. The van der Waals surface area contributed by atoms with Crippen molar-refractivity contribution in [2.45, 2.75) is 64.5 Å². The highest BCUT2D eigenvalue weighted by molar-refractivity contribution is 5.70. The fourth-order valence-corrected chi connectivity index (χ4v) is 3.15. The highest BCUT2D eigenvalue weighted by Crippen LogP contribution is 2.27. The molecule has 0 spiro atoms. The summed E-state index contributed by atoms with van der Waals surface area (Å²) in [5.41, 5.74) is 2.35. The Balaban J connectivity index is 1.99. The van der Waals surface area contributed by atoms with Gasteiger partial charge < -0.3 is 10.4 Å². The van der Waals surface area contributed by atoms with Crippen LogP contribution in [0.3, 0.4) is 0 Å². The zero-order valence-corrected chi connectivity index (χ0v) is 13.5. The minimum Gasteiger partial charge on any atom is -0.481 e. The highest BCUT2D eigenvalue weighted by Gasteiger charge is 2.27. The van der Waals surface area contributed by atoms with Crippen LogP contribution in [0.4, 0.5) is 0 Å². The Morgan fingerprint density at radius 1 is 1.48 bits per heavy atom. The standard InChI is InChI=1S/C16H27N3O2/c1-16(2,3)14-12(10-19(4)18-14)9-17-13-7-5-6-11(8-13)15(20)21/h10-11,13,17H,5-9H2,1-4H3,(H,20,21). The molecule has 0 amide bonds. The molecule has 1 heterocycles. The second kappa shape index (κ2) is 6.18. The molecule has 1 fully saturated rings. The van der Waals surface area contributed by atoms with Gasteiger partial charge in [-0.25, -0.2) is 0 Å². The van der Waals surface area contributed by atoms with E-state index >= 15 is 0 Å². The van der Waals surface area contributed by atoms with Gasteiger partial charge >= 0.3 is 5.97 Å². The first-order chi connectivity index (χ1) is 9.77. The van der Waals surface area contributed by atoms with Crippen LogP contribution in [-0.4, -0.2) is 26.9 Å². The van der Waals surface area contributed by atoms with Gasteiger partial charge in [0.2, 0.25) is 0 Å². The Bertz CT molecular complexity index is 502. The second-order valence-corrected chi connectivity index (χ2v) is 7.21. The maximum Gasteiger partial charge on any atom is 0.306 e. The SMILES string of the molecule is Cn1cc(CNC2CCCC(C(=O)O)C2)c(C(C)(C)C)n1. The number of aliphatic carboxylic acids is 1. The number of aromatic nitrogens is 2.